The molecule has 0 amide bonds. The third-order valence-corrected chi connectivity index (χ3v) is 3.91. The van der Waals surface area contributed by atoms with Gasteiger partial charge in [0, 0.05) is 11.7 Å². The fourth-order valence-corrected chi connectivity index (χ4v) is 2.60. The first-order chi connectivity index (χ1) is 8.75. The van der Waals surface area contributed by atoms with E-state index in [-0.39, 0.29) is 5.82 Å². The third-order valence-electron chi connectivity index (χ3n) is 3.27. The maximum Gasteiger partial charge on any atom is 0.139 e. The van der Waals surface area contributed by atoms with Crippen LogP contribution in [0.5, 0.6) is 0 Å². The van der Waals surface area contributed by atoms with Crippen LogP contribution in [-0.4, -0.2) is 16.1 Å². The molecule has 94 valence electrons. The standard InChI is InChI=1S/C13H13BrFN3/c14-10-4-3-9(6-11(10)15)18-8-16-7-13(18)12-2-1-5-17-12/h3-4,6-8,12,17H,1-2,5H2/t12-/m0/s1. The maximum atomic E-state index is 13.6. The predicted molar refractivity (Wildman–Crippen MR) is 71.2 cm³/mol. The normalized spacial score (nSPS) is 19.3. The summed E-state index contributed by atoms with van der Waals surface area (Å²) in [6.07, 6.45) is 5.86. The molecular formula is C13H13BrFN3. The fraction of sp³-hybridized carbons (Fsp3) is 0.308. The Kier molecular flexibility index (Phi) is 3.18. The first-order valence-corrected chi connectivity index (χ1v) is 6.76. The number of nitrogens with one attached hydrogen (secondary N) is 1. The second-order valence-corrected chi connectivity index (χ2v) is 5.29. The van der Waals surface area contributed by atoms with E-state index in [1.54, 1.807) is 12.4 Å². The van der Waals surface area contributed by atoms with Crippen molar-refractivity contribution in [2.75, 3.05) is 6.54 Å². The highest BCUT2D eigenvalue weighted by Gasteiger charge is 2.20. The first-order valence-electron chi connectivity index (χ1n) is 5.97. The fourth-order valence-electron chi connectivity index (χ4n) is 2.35. The summed E-state index contributed by atoms with van der Waals surface area (Å²) >= 11 is 3.17. The van der Waals surface area contributed by atoms with Gasteiger partial charge in [-0.15, -0.1) is 0 Å². The van der Waals surface area contributed by atoms with Crippen molar-refractivity contribution in [1.29, 1.82) is 0 Å². The lowest BCUT2D eigenvalue weighted by Gasteiger charge is -2.14. The van der Waals surface area contributed by atoms with Gasteiger partial charge in [-0.3, -0.25) is 0 Å². The van der Waals surface area contributed by atoms with Gasteiger partial charge in [0.05, 0.1) is 22.7 Å². The van der Waals surface area contributed by atoms with Crippen molar-refractivity contribution in [3.63, 3.8) is 0 Å². The van der Waals surface area contributed by atoms with E-state index in [0.717, 1.165) is 24.3 Å². The summed E-state index contributed by atoms with van der Waals surface area (Å²) in [5.41, 5.74) is 1.89. The van der Waals surface area contributed by atoms with E-state index in [2.05, 4.69) is 26.2 Å². The minimum atomic E-state index is -0.258. The Morgan fingerprint density at radius 1 is 1.44 bits per heavy atom. The van der Waals surface area contributed by atoms with Gasteiger partial charge in [-0.1, -0.05) is 0 Å². The molecule has 1 fully saturated rings. The molecule has 3 rings (SSSR count). The Hall–Kier alpha value is -1.20. The Bertz CT molecular complexity index is 561. The molecule has 1 saturated heterocycles. The van der Waals surface area contributed by atoms with Gasteiger partial charge in [-0.05, 0) is 53.5 Å². The largest absolute Gasteiger partial charge is 0.309 e. The topological polar surface area (TPSA) is 29.9 Å². The Labute approximate surface area is 113 Å². The first kappa shape index (κ1) is 11.9. The van der Waals surface area contributed by atoms with Crippen LogP contribution >= 0.6 is 15.9 Å². The van der Waals surface area contributed by atoms with Crippen LogP contribution < -0.4 is 5.32 Å². The monoisotopic (exact) mass is 309 g/mol. The van der Waals surface area contributed by atoms with Crippen LogP contribution in [0.25, 0.3) is 5.69 Å². The highest BCUT2D eigenvalue weighted by molar-refractivity contribution is 9.10. The van der Waals surface area contributed by atoms with Crippen LogP contribution in [-0.2, 0) is 0 Å². The molecule has 5 heteroatoms. The molecule has 0 saturated carbocycles. The average molecular weight is 310 g/mol. The number of nitrogens with zero attached hydrogens (tertiary/aromatic N) is 2. The molecule has 0 aliphatic carbocycles. The van der Waals surface area contributed by atoms with Crippen molar-refractivity contribution < 1.29 is 4.39 Å². The van der Waals surface area contributed by atoms with Gasteiger partial charge in [0.1, 0.15) is 5.82 Å². The number of aromatic nitrogens is 2. The second kappa shape index (κ2) is 4.82. The van der Waals surface area contributed by atoms with Crippen molar-refractivity contribution in [2.45, 2.75) is 18.9 Å². The van der Waals surface area contributed by atoms with Gasteiger partial charge in [0.2, 0.25) is 0 Å². The lowest BCUT2D eigenvalue weighted by atomic mass is 10.1. The molecule has 3 nitrogen and oxygen atoms in total. The summed E-state index contributed by atoms with van der Waals surface area (Å²) in [6.45, 7) is 1.03. The summed E-state index contributed by atoms with van der Waals surface area (Å²) in [6, 6.07) is 5.44. The van der Waals surface area contributed by atoms with E-state index >= 15 is 0 Å². The van der Waals surface area contributed by atoms with Gasteiger partial charge in [0.15, 0.2) is 0 Å². The Balaban J connectivity index is 2.00. The van der Waals surface area contributed by atoms with Crippen LogP contribution in [0.15, 0.2) is 35.2 Å². The Morgan fingerprint density at radius 2 is 2.33 bits per heavy atom. The van der Waals surface area contributed by atoms with Crippen molar-refractivity contribution >= 4 is 15.9 Å². The molecule has 0 radical (unpaired) electrons. The molecule has 0 spiro atoms. The molecule has 1 atom stereocenters. The zero-order valence-corrected chi connectivity index (χ0v) is 11.3. The average Bonchev–Trinajstić information content (AvgIpc) is 3.00. The van der Waals surface area contributed by atoms with E-state index in [9.17, 15) is 4.39 Å². The number of benzene rings is 1. The lowest BCUT2D eigenvalue weighted by Crippen LogP contribution is -2.16. The molecule has 18 heavy (non-hydrogen) atoms. The van der Waals surface area contributed by atoms with Crippen molar-refractivity contribution in [2.24, 2.45) is 0 Å². The summed E-state index contributed by atoms with van der Waals surface area (Å²) in [5, 5.41) is 3.43. The smallest absolute Gasteiger partial charge is 0.139 e. The molecule has 1 aromatic carbocycles. The van der Waals surface area contributed by atoms with E-state index in [0.29, 0.717) is 10.5 Å². The van der Waals surface area contributed by atoms with Gasteiger partial charge in [0.25, 0.3) is 0 Å². The van der Waals surface area contributed by atoms with Gasteiger partial charge in [-0.2, -0.15) is 0 Å². The SMILES string of the molecule is Fc1cc(-n2cncc2[C@@H]2CCCN2)ccc1Br. The molecule has 2 heterocycles. The second-order valence-electron chi connectivity index (χ2n) is 4.44. The maximum absolute atomic E-state index is 13.6. The molecule has 1 aliphatic heterocycles. The molecule has 0 unspecified atom stereocenters. The predicted octanol–water partition coefficient (Wildman–Crippen LogP) is 3.20. The summed E-state index contributed by atoms with van der Waals surface area (Å²) in [7, 11) is 0. The van der Waals surface area contributed by atoms with E-state index in [1.807, 2.05) is 16.8 Å². The van der Waals surface area contributed by atoms with Crippen LogP contribution in [0.3, 0.4) is 0 Å². The third kappa shape index (κ3) is 2.08. The lowest BCUT2D eigenvalue weighted by molar-refractivity contribution is 0.607. The molecule has 1 N–H and O–H groups in total. The highest BCUT2D eigenvalue weighted by atomic mass is 79.9. The van der Waals surface area contributed by atoms with Crippen molar-refractivity contribution in [3.8, 4) is 5.69 Å². The van der Waals surface area contributed by atoms with E-state index < -0.39 is 0 Å². The van der Waals surface area contributed by atoms with Gasteiger partial charge >= 0.3 is 0 Å². The zero-order chi connectivity index (χ0) is 12.5. The summed E-state index contributed by atoms with van der Waals surface area (Å²) in [4.78, 5) is 4.18. The van der Waals surface area contributed by atoms with E-state index in [4.69, 9.17) is 0 Å². The van der Waals surface area contributed by atoms with Crippen LogP contribution in [0.1, 0.15) is 24.6 Å². The number of hydrogen-bond donors (Lipinski definition) is 1. The molecule has 2 aromatic rings. The van der Waals surface area contributed by atoms with Crippen LogP contribution in [0.2, 0.25) is 0 Å². The molecule has 1 aliphatic rings. The van der Waals surface area contributed by atoms with Crippen molar-refractivity contribution in [1.82, 2.24) is 14.9 Å². The molecule has 1 aromatic heterocycles. The van der Waals surface area contributed by atoms with Gasteiger partial charge < -0.3 is 9.88 Å². The van der Waals surface area contributed by atoms with Crippen LogP contribution in [0, 0.1) is 5.82 Å². The number of rotatable bonds is 2. The summed E-state index contributed by atoms with van der Waals surface area (Å²) in [5.74, 6) is -0.258. The number of imidazole rings is 1. The van der Waals surface area contributed by atoms with E-state index in [1.165, 1.54) is 12.5 Å². The van der Waals surface area contributed by atoms with Crippen molar-refractivity contribution in [3.05, 3.63) is 46.7 Å². The highest BCUT2D eigenvalue weighted by Crippen LogP contribution is 2.26. The molecular weight excluding hydrogens is 297 g/mol. The molecule has 0 bridgehead atoms. The summed E-state index contributed by atoms with van der Waals surface area (Å²) < 4.78 is 16.0. The van der Waals surface area contributed by atoms with Gasteiger partial charge in [-0.25, -0.2) is 9.37 Å². The number of hydrogen-bond acceptors (Lipinski definition) is 2. The Morgan fingerprint density at radius 3 is 3.06 bits per heavy atom. The minimum absolute atomic E-state index is 0.258. The van der Waals surface area contributed by atoms with Crippen LogP contribution in [0.4, 0.5) is 4.39 Å². The quantitative estimate of drug-likeness (QED) is 0.923. The zero-order valence-electron chi connectivity index (χ0n) is 9.74. The minimum Gasteiger partial charge on any atom is -0.309 e. The number of halogens is 2.